The first kappa shape index (κ1) is 27.2. The van der Waals surface area contributed by atoms with Crippen molar-refractivity contribution >= 4 is 22.5 Å². The molecule has 1 N–H and O–H groups in total. The number of phenols is 1. The van der Waals surface area contributed by atoms with Gasteiger partial charge in [0, 0.05) is 20.6 Å². The van der Waals surface area contributed by atoms with E-state index in [2.05, 4.69) is 113 Å². The minimum atomic E-state index is -0.121. The first-order chi connectivity index (χ1) is 20.1. The van der Waals surface area contributed by atoms with Crippen LogP contribution in [0.5, 0.6) is 11.5 Å². The largest absolute Gasteiger partial charge is 0.507 e. The molecule has 2 nitrogen and oxygen atoms in total. The fourth-order valence-corrected chi connectivity index (χ4v) is 9.57. The maximum atomic E-state index is 11.8. The highest BCUT2D eigenvalue weighted by Crippen LogP contribution is 2.65. The molecule has 5 aromatic carbocycles. The molecule has 3 heteroatoms. The summed E-state index contributed by atoms with van der Waals surface area (Å²) in [4.78, 5) is 2.37. The van der Waals surface area contributed by atoms with Crippen LogP contribution in [0.1, 0.15) is 58.1 Å². The van der Waals surface area contributed by atoms with E-state index < -0.39 is 0 Å². The van der Waals surface area contributed by atoms with E-state index in [0.29, 0.717) is 5.75 Å². The summed E-state index contributed by atoms with van der Waals surface area (Å²) in [5.74, 6) is 1.20. The summed E-state index contributed by atoms with van der Waals surface area (Å²) in [6.07, 6.45) is 3.35. The molecule has 212 valence electrons. The molecule has 2 aliphatic carbocycles. The number of ether oxygens (including phenoxy) is 1. The van der Waals surface area contributed by atoms with Gasteiger partial charge in [0.1, 0.15) is 11.5 Å². The Morgan fingerprint density at radius 2 is 1.33 bits per heavy atom. The number of fused-ring (bicyclic) bond motifs is 7. The van der Waals surface area contributed by atoms with E-state index in [1.54, 1.807) is 18.9 Å². The van der Waals surface area contributed by atoms with Crippen LogP contribution in [-0.2, 0) is 5.41 Å². The van der Waals surface area contributed by atoms with Crippen LogP contribution < -0.4 is 4.74 Å². The molecule has 5 aromatic rings. The Morgan fingerprint density at radius 1 is 0.667 bits per heavy atom. The zero-order valence-corrected chi connectivity index (χ0v) is 25.9. The van der Waals surface area contributed by atoms with E-state index in [1.807, 2.05) is 12.1 Å². The minimum absolute atomic E-state index is 0.121. The topological polar surface area (TPSA) is 29.5 Å². The fraction of sp³-hybridized carbons (Fsp3) is 0.282. The van der Waals surface area contributed by atoms with Gasteiger partial charge in [-0.1, -0.05) is 94.1 Å². The van der Waals surface area contributed by atoms with Gasteiger partial charge in [-0.2, -0.15) is 0 Å². The van der Waals surface area contributed by atoms with Crippen LogP contribution >= 0.6 is 11.8 Å². The zero-order valence-electron chi connectivity index (χ0n) is 25.1. The summed E-state index contributed by atoms with van der Waals surface area (Å²) in [5.41, 5.74) is 7.79. The number of methoxy groups -OCH3 is 1. The Balaban J connectivity index is 1.52. The lowest BCUT2D eigenvalue weighted by molar-refractivity contribution is 0.0645. The molecule has 1 spiro atoms. The second-order valence-electron chi connectivity index (χ2n) is 13.8. The molecule has 0 aliphatic heterocycles. The van der Waals surface area contributed by atoms with Crippen molar-refractivity contribution in [2.45, 2.75) is 62.2 Å². The van der Waals surface area contributed by atoms with Gasteiger partial charge in [-0.3, -0.25) is 0 Å². The number of rotatable bonds is 4. The number of hydrogen-bond acceptors (Lipinski definition) is 3. The zero-order chi connectivity index (χ0) is 29.3. The highest BCUT2D eigenvalue weighted by atomic mass is 32.2. The predicted molar refractivity (Wildman–Crippen MR) is 176 cm³/mol. The lowest BCUT2D eigenvalue weighted by atomic mass is 9.52. The average molecular weight is 571 g/mol. The smallest absolute Gasteiger partial charge is 0.123 e. The summed E-state index contributed by atoms with van der Waals surface area (Å²) in [5, 5.41) is 13.8. The Hall–Kier alpha value is -3.69. The molecule has 1 fully saturated rings. The summed E-state index contributed by atoms with van der Waals surface area (Å²) < 4.78 is 5.44. The quantitative estimate of drug-likeness (QED) is 0.233. The van der Waals surface area contributed by atoms with Crippen LogP contribution in [0.4, 0.5) is 0 Å². The van der Waals surface area contributed by atoms with Gasteiger partial charge >= 0.3 is 0 Å². The molecule has 0 aromatic heterocycles. The monoisotopic (exact) mass is 570 g/mol. The average Bonchev–Trinajstić information content (AvgIpc) is 3.20. The number of benzene rings is 5. The molecular weight excluding hydrogens is 532 g/mol. The molecule has 0 bridgehead atoms. The molecule has 42 heavy (non-hydrogen) atoms. The molecule has 7 rings (SSSR count). The van der Waals surface area contributed by atoms with Crippen molar-refractivity contribution in [1.29, 1.82) is 0 Å². The van der Waals surface area contributed by atoms with Crippen LogP contribution in [0.3, 0.4) is 0 Å². The van der Waals surface area contributed by atoms with E-state index in [0.717, 1.165) is 40.5 Å². The second-order valence-corrected chi connectivity index (χ2v) is 15.0. The SMILES string of the molecule is COc1ccc(-c2cc3c(O)cc4c(c3cc2Sc2ccccc2)-c2ccccc2C42CC(C)(C)CC(C)(C)C2)cc1. The van der Waals surface area contributed by atoms with E-state index in [4.69, 9.17) is 4.74 Å². The number of aromatic hydroxyl groups is 1. The standard InChI is InChI=1S/C39H38O2S/c1-37(2)22-38(3,4)24-39(23-37)32-14-10-9-13-28(32)36-31-20-35(42-27-11-7-6-8-12-27)29(19-30(31)34(40)21-33(36)39)25-15-17-26(41-5)18-16-25/h6-21,40H,22-24H2,1-5H3. The van der Waals surface area contributed by atoms with Crippen molar-refractivity contribution in [3.63, 3.8) is 0 Å². The molecular formula is C39H38O2S. The summed E-state index contributed by atoms with van der Waals surface area (Å²) >= 11 is 1.78. The maximum absolute atomic E-state index is 11.8. The van der Waals surface area contributed by atoms with Crippen molar-refractivity contribution in [3.05, 3.63) is 108 Å². The molecule has 0 heterocycles. The van der Waals surface area contributed by atoms with E-state index in [9.17, 15) is 5.11 Å². The first-order valence-electron chi connectivity index (χ1n) is 14.9. The molecule has 0 radical (unpaired) electrons. The Morgan fingerprint density at radius 3 is 2.02 bits per heavy atom. The van der Waals surface area contributed by atoms with Crippen molar-refractivity contribution in [3.8, 4) is 33.8 Å². The number of hydrogen-bond donors (Lipinski definition) is 1. The van der Waals surface area contributed by atoms with Crippen molar-refractivity contribution in [2.24, 2.45) is 10.8 Å². The summed E-state index contributed by atoms with van der Waals surface area (Å²) in [6.45, 7) is 9.69. The van der Waals surface area contributed by atoms with Crippen LogP contribution in [0.2, 0.25) is 0 Å². The first-order valence-corrected chi connectivity index (χ1v) is 15.7. The highest BCUT2D eigenvalue weighted by molar-refractivity contribution is 7.99. The van der Waals surface area contributed by atoms with E-state index in [1.165, 1.54) is 38.5 Å². The second kappa shape index (κ2) is 9.67. The van der Waals surface area contributed by atoms with E-state index in [-0.39, 0.29) is 16.2 Å². The lowest BCUT2D eigenvalue weighted by Crippen LogP contribution is -2.43. The minimum Gasteiger partial charge on any atom is -0.507 e. The van der Waals surface area contributed by atoms with Gasteiger partial charge in [-0.15, -0.1) is 0 Å². The summed E-state index contributed by atoms with van der Waals surface area (Å²) in [6, 6.07) is 34.4. The van der Waals surface area contributed by atoms with Gasteiger partial charge < -0.3 is 9.84 Å². The van der Waals surface area contributed by atoms with Crippen LogP contribution in [-0.4, -0.2) is 12.2 Å². The molecule has 0 amide bonds. The van der Waals surface area contributed by atoms with Gasteiger partial charge in [0.2, 0.25) is 0 Å². The molecule has 1 saturated carbocycles. The van der Waals surface area contributed by atoms with Crippen LogP contribution in [0.25, 0.3) is 33.0 Å². The Kier molecular flexibility index (Phi) is 6.26. The van der Waals surface area contributed by atoms with Crippen molar-refractivity contribution in [1.82, 2.24) is 0 Å². The summed E-state index contributed by atoms with van der Waals surface area (Å²) in [7, 11) is 1.69. The molecule has 0 atom stereocenters. The van der Waals surface area contributed by atoms with Gasteiger partial charge in [-0.25, -0.2) is 0 Å². The van der Waals surface area contributed by atoms with Gasteiger partial charge in [0.15, 0.2) is 0 Å². The third-order valence-electron chi connectivity index (χ3n) is 9.33. The maximum Gasteiger partial charge on any atom is 0.123 e. The van der Waals surface area contributed by atoms with Crippen molar-refractivity contribution < 1.29 is 9.84 Å². The van der Waals surface area contributed by atoms with Gasteiger partial charge in [-0.05, 0) is 111 Å². The van der Waals surface area contributed by atoms with Crippen LogP contribution in [0.15, 0.2) is 107 Å². The van der Waals surface area contributed by atoms with Crippen LogP contribution in [0, 0.1) is 10.8 Å². The molecule has 0 unspecified atom stereocenters. The Labute approximate surface area is 253 Å². The molecule has 0 saturated heterocycles. The Bertz CT molecular complexity index is 1800. The molecule has 2 aliphatic rings. The third kappa shape index (κ3) is 4.41. The fourth-order valence-electron chi connectivity index (χ4n) is 8.56. The van der Waals surface area contributed by atoms with Crippen molar-refractivity contribution in [2.75, 3.05) is 7.11 Å². The lowest BCUT2D eigenvalue weighted by Gasteiger charge is -2.51. The highest BCUT2D eigenvalue weighted by Gasteiger charge is 2.53. The van der Waals surface area contributed by atoms with Gasteiger partial charge in [0.25, 0.3) is 0 Å². The third-order valence-corrected chi connectivity index (χ3v) is 10.4. The van der Waals surface area contributed by atoms with E-state index >= 15 is 0 Å². The number of phenolic OH excluding ortho intramolecular Hbond substituents is 1. The normalized spacial score (nSPS) is 17.6. The predicted octanol–water partition coefficient (Wildman–Crippen LogP) is 10.9. The van der Waals surface area contributed by atoms with Gasteiger partial charge in [0.05, 0.1) is 7.11 Å².